The lowest BCUT2D eigenvalue weighted by Crippen LogP contribution is -2.18. The maximum absolute atomic E-state index is 12.9. The Morgan fingerprint density at radius 2 is 1.87 bits per heavy atom. The van der Waals surface area contributed by atoms with Gasteiger partial charge < -0.3 is 9.30 Å². The molecule has 0 N–H and O–H groups in total. The molecule has 4 nitrogen and oxygen atoms in total. The molecule has 1 aromatic heterocycles. The smallest absolute Gasteiger partial charge is 0.279 e. The van der Waals surface area contributed by atoms with Crippen molar-refractivity contribution in [2.24, 2.45) is 4.99 Å². The first-order valence-corrected chi connectivity index (χ1v) is 11.9. The van der Waals surface area contributed by atoms with Crippen LogP contribution in [0.15, 0.2) is 77.8 Å². The van der Waals surface area contributed by atoms with Gasteiger partial charge in [0.2, 0.25) is 0 Å². The normalized spacial score (nSPS) is 11.7. The van der Waals surface area contributed by atoms with Crippen molar-refractivity contribution in [2.75, 3.05) is 12.0 Å². The first kappa shape index (κ1) is 20.7. The minimum atomic E-state index is -0.302. The van der Waals surface area contributed by atoms with Crippen molar-refractivity contribution in [3.05, 3.63) is 88.2 Å². The van der Waals surface area contributed by atoms with Gasteiger partial charge in [0.25, 0.3) is 5.91 Å². The number of thiazole rings is 1. The zero-order chi connectivity index (χ0) is 20.9. The highest BCUT2D eigenvalue weighted by Crippen LogP contribution is 2.24. The summed E-state index contributed by atoms with van der Waals surface area (Å²) >= 11 is 9.37. The molecule has 1 amide bonds. The van der Waals surface area contributed by atoms with Gasteiger partial charge in [-0.15, -0.1) is 0 Å². The maximum Gasteiger partial charge on any atom is 0.279 e. The van der Waals surface area contributed by atoms with E-state index < -0.39 is 0 Å². The quantitative estimate of drug-likeness (QED) is 0.345. The molecule has 4 aromatic rings. The van der Waals surface area contributed by atoms with Gasteiger partial charge in [-0.1, -0.05) is 47.2 Å². The predicted octanol–water partition coefficient (Wildman–Crippen LogP) is 6.25. The highest BCUT2D eigenvalue weighted by Gasteiger charge is 2.11. The number of hydrogen-bond acceptors (Lipinski definition) is 4. The van der Waals surface area contributed by atoms with Crippen LogP contribution in [0.2, 0.25) is 5.02 Å². The van der Waals surface area contributed by atoms with Gasteiger partial charge in [-0.2, -0.15) is 16.8 Å². The van der Waals surface area contributed by atoms with E-state index in [-0.39, 0.29) is 5.91 Å². The second-order valence-corrected chi connectivity index (χ2v) is 8.93. The average molecular weight is 455 g/mol. The van der Waals surface area contributed by atoms with Gasteiger partial charge in [-0.05, 0) is 54.8 Å². The SMILES string of the molecule is CSCCn1c(=NC(=O)c2cccc(Oc3ccccc3)c2)sc2cc(Cl)ccc21. The Labute approximate surface area is 187 Å². The summed E-state index contributed by atoms with van der Waals surface area (Å²) in [4.78, 5) is 18.0. The summed E-state index contributed by atoms with van der Waals surface area (Å²) in [7, 11) is 0. The molecule has 0 radical (unpaired) electrons. The lowest BCUT2D eigenvalue weighted by Gasteiger charge is -2.06. The predicted molar refractivity (Wildman–Crippen MR) is 126 cm³/mol. The molecule has 0 unspecified atom stereocenters. The summed E-state index contributed by atoms with van der Waals surface area (Å²) in [5.41, 5.74) is 1.52. The fourth-order valence-corrected chi connectivity index (χ4v) is 4.70. The number of benzene rings is 3. The number of hydrogen-bond donors (Lipinski definition) is 0. The molecule has 30 heavy (non-hydrogen) atoms. The van der Waals surface area contributed by atoms with Crippen LogP contribution in [0.3, 0.4) is 0 Å². The molecule has 0 spiro atoms. The fourth-order valence-electron chi connectivity index (χ4n) is 3.00. The number of fused-ring (bicyclic) bond motifs is 1. The number of amides is 1. The molecule has 0 aliphatic carbocycles. The number of carbonyl (C=O) groups is 1. The Bertz CT molecular complexity index is 1250. The van der Waals surface area contributed by atoms with Crippen LogP contribution in [-0.2, 0) is 6.54 Å². The van der Waals surface area contributed by atoms with Crippen LogP contribution in [-0.4, -0.2) is 22.5 Å². The van der Waals surface area contributed by atoms with Crippen LogP contribution in [0.5, 0.6) is 11.5 Å². The Balaban J connectivity index is 1.68. The summed E-state index contributed by atoms with van der Waals surface area (Å²) in [6.07, 6.45) is 2.06. The van der Waals surface area contributed by atoms with Gasteiger partial charge >= 0.3 is 0 Å². The monoisotopic (exact) mass is 454 g/mol. The average Bonchev–Trinajstić information content (AvgIpc) is 3.09. The minimum Gasteiger partial charge on any atom is -0.457 e. The van der Waals surface area contributed by atoms with Gasteiger partial charge in [0.1, 0.15) is 11.5 Å². The van der Waals surface area contributed by atoms with E-state index in [0.717, 1.165) is 28.3 Å². The zero-order valence-electron chi connectivity index (χ0n) is 16.2. The van der Waals surface area contributed by atoms with Gasteiger partial charge in [0, 0.05) is 22.9 Å². The molecule has 0 bridgehead atoms. The molecule has 1 heterocycles. The standard InChI is InChI=1S/C23H19ClN2O2S2/c1-29-13-12-26-20-11-10-17(24)15-21(20)30-23(26)25-22(27)16-6-5-9-19(14-16)28-18-7-3-2-4-8-18/h2-11,14-15H,12-13H2,1H3. The van der Waals surface area contributed by atoms with E-state index in [4.69, 9.17) is 16.3 Å². The molecular weight excluding hydrogens is 436 g/mol. The largest absolute Gasteiger partial charge is 0.457 e. The third-order valence-electron chi connectivity index (χ3n) is 4.42. The number of aromatic nitrogens is 1. The van der Waals surface area contributed by atoms with E-state index in [2.05, 4.69) is 15.8 Å². The molecular formula is C23H19ClN2O2S2. The number of aryl methyl sites for hydroxylation is 1. The summed E-state index contributed by atoms with van der Waals surface area (Å²) < 4.78 is 8.93. The van der Waals surface area contributed by atoms with E-state index in [0.29, 0.717) is 21.1 Å². The lowest BCUT2D eigenvalue weighted by molar-refractivity contribution is 0.0997. The molecule has 0 aliphatic rings. The lowest BCUT2D eigenvalue weighted by atomic mass is 10.2. The second kappa shape index (κ2) is 9.51. The molecule has 4 rings (SSSR count). The summed E-state index contributed by atoms with van der Waals surface area (Å²) in [5, 5.41) is 0.671. The molecule has 0 saturated heterocycles. The van der Waals surface area contributed by atoms with Gasteiger partial charge in [0.05, 0.1) is 10.2 Å². The van der Waals surface area contributed by atoms with Crippen molar-refractivity contribution in [2.45, 2.75) is 6.54 Å². The highest BCUT2D eigenvalue weighted by molar-refractivity contribution is 7.98. The third-order valence-corrected chi connectivity index (χ3v) is 6.29. The highest BCUT2D eigenvalue weighted by atomic mass is 35.5. The first-order chi connectivity index (χ1) is 14.6. The van der Waals surface area contributed by atoms with Gasteiger partial charge in [0.15, 0.2) is 4.80 Å². The van der Waals surface area contributed by atoms with E-state index in [9.17, 15) is 4.79 Å². The number of thioether (sulfide) groups is 1. The van der Waals surface area contributed by atoms with E-state index >= 15 is 0 Å². The number of rotatable bonds is 6. The molecule has 0 saturated carbocycles. The van der Waals surface area contributed by atoms with Crippen LogP contribution in [0, 0.1) is 0 Å². The number of para-hydroxylation sites is 1. The minimum absolute atomic E-state index is 0.302. The summed E-state index contributed by atoms with van der Waals surface area (Å²) in [6.45, 7) is 0.770. The van der Waals surface area contributed by atoms with Crippen LogP contribution < -0.4 is 9.54 Å². The maximum atomic E-state index is 12.9. The van der Waals surface area contributed by atoms with E-state index in [1.165, 1.54) is 11.3 Å². The Morgan fingerprint density at radius 1 is 1.07 bits per heavy atom. The van der Waals surface area contributed by atoms with Crippen LogP contribution >= 0.6 is 34.7 Å². The third kappa shape index (κ3) is 4.78. The fraction of sp³-hybridized carbons (Fsp3) is 0.130. The van der Waals surface area contributed by atoms with Gasteiger partial charge in [-0.3, -0.25) is 4.79 Å². The van der Waals surface area contributed by atoms with Crippen LogP contribution in [0.1, 0.15) is 10.4 Å². The van der Waals surface area contributed by atoms with Crippen molar-refractivity contribution < 1.29 is 9.53 Å². The number of nitrogens with zero attached hydrogens (tertiary/aromatic N) is 2. The Kier molecular flexibility index (Phi) is 6.57. The number of halogens is 1. The van der Waals surface area contributed by atoms with E-state index in [1.807, 2.05) is 54.6 Å². The van der Waals surface area contributed by atoms with Gasteiger partial charge in [-0.25, -0.2) is 0 Å². The molecule has 152 valence electrons. The number of ether oxygens (including phenoxy) is 1. The van der Waals surface area contributed by atoms with Crippen molar-refractivity contribution in [3.8, 4) is 11.5 Å². The van der Waals surface area contributed by atoms with Crippen LogP contribution in [0.25, 0.3) is 10.2 Å². The van der Waals surface area contributed by atoms with Crippen molar-refractivity contribution in [1.82, 2.24) is 4.57 Å². The Morgan fingerprint density at radius 3 is 2.67 bits per heavy atom. The molecule has 0 fully saturated rings. The Hall–Kier alpha value is -2.54. The zero-order valence-corrected chi connectivity index (χ0v) is 18.6. The number of carbonyl (C=O) groups excluding carboxylic acids is 1. The topological polar surface area (TPSA) is 43.6 Å². The summed E-state index contributed by atoms with van der Waals surface area (Å²) in [6, 6.07) is 22.3. The van der Waals surface area contributed by atoms with Crippen molar-refractivity contribution >= 4 is 50.8 Å². The first-order valence-electron chi connectivity index (χ1n) is 9.34. The van der Waals surface area contributed by atoms with Crippen molar-refractivity contribution in [1.29, 1.82) is 0 Å². The summed E-state index contributed by atoms with van der Waals surface area (Å²) in [5.74, 6) is 1.94. The molecule has 7 heteroatoms. The molecule has 0 aliphatic heterocycles. The molecule has 0 atom stereocenters. The molecule has 3 aromatic carbocycles. The van der Waals surface area contributed by atoms with Crippen LogP contribution in [0.4, 0.5) is 0 Å². The van der Waals surface area contributed by atoms with E-state index in [1.54, 1.807) is 30.0 Å². The van der Waals surface area contributed by atoms with Crippen molar-refractivity contribution in [3.63, 3.8) is 0 Å². The second-order valence-electron chi connectivity index (χ2n) is 6.50.